The fraction of sp³-hybridized carbons (Fsp3) is 0.435. The van der Waals surface area contributed by atoms with Gasteiger partial charge in [-0.3, -0.25) is 14.2 Å². The van der Waals surface area contributed by atoms with Crippen LogP contribution in [-0.4, -0.2) is 52.3 Å². The van der Waals surface area contributed by atoms with Gasteiger partial charge in [0.05, 0.1) is 11.1 Å². The first-order valence-corrected chi connectivity index (χ1v) is 12.6. The van der Waals surface area contributed by atoms with Gasteiger partial charge in [-0.05, 0) is 43.4 Å². The highest BCUT2D eigenvalue weighted by Crippen LogP contribution is 2.34. The molecule has 3 heterocycles. The number of hydrogen-bond donors (Lipinski definition) is 0. The normalized spacial score (nSPS) is 16.5. The van der Waals surface area contributed by atoms with Crippen molar-refractivity contribution in [1.82, 2.24) is 14.5 Å². The van der Waals surface area contributed by atoms with E-state index in [9.17, 15) is 9.59 Å². The molecular weight excluding hydrogens is 428 g/mol. The molecule has 6 nitrogen and oxygen atoms in total. The van der Waals surface area contributed by atoms with Crippen molar-refractivity contribution in [2.24, 2.45) is 7.05 Å². The highest BCUT2D eigenvalue weighted by atomic mass is 32.2. The van der Waals surface area contributed by atoms with Gasteiger partial charge in [0.25, 0.3) is 5.56 Å². The second-order valence-electron chi connectivity index (χ2n) is 8.14. The number of amides is 1. The first-order chi connectivity index (χ1) is 15.1. The summed E-state index contributed by atoms with van der Waals surface area (Å²) in [6, 6.07) is 10.3. The molecule has 0 spiro atoms. The predicted molar refractivity (Wildman–Crippen MR) is 127 cm³/mol. The zero-order valence-corrected chi connectivity index (χ0v) is 19.3. The Morgan fingerprint density at radius 3 is 2.61 bits per heavy atom. The van der Waals surface area contributed by atoms with Gasteiger partial charge in [-0.2, -0.15) is 0 Å². The summed E-state index contributed by atoms with van der Waals surface area (Å²) in [5, 5.41) is 1.43. The van der Waals surface area contributed by atoms with Gasteiger partial charge in [-0.15, -0.1) is 11.3 Å². The number of carbonyl (C=O) groups excluding carboxylic acids is 1. The molecule has 162 valence electrons. The van der Waals surface area contributed by atoms with Crippen LogP contribution in [0.5, 0.6) is 0 Å². The van der Waals surface area contributed by atoms with E-state index in [1.807, 2.05) is 23.1 Å². The van der Waals surface area contributed by atoms with Crippen LogP contribution >= 0.6 is 23.1 Å². The maximum atomic E-state index is 13.0. The summed E-state index contributed by atoms with van der Waals surface area (Å²) >= 11 is 3.03. The van der Waals surface area contributed by atoms with Crippen molar-refractivity contribution in [2.75, 3.05) is 36.8 Å². The molecule has 3 aromatic rings. The molecule has 1 aromatic carbocycles. The molecule has 1 aliphatic heterocycles. The topological polar surface area (TPSA) is 58.4 Å². The molecule has 1 aliphatic carbocycles. The van der Waals surface area contributed by atoms with Crippen LogP contribution in [0.3, 0.4) is 0 Å². The number of piperazine rings is 1. The molecule has 31 heavy (non-hydrogen) atoms. The lowest BCUT2D eigenvalue weighted by molar-refractivity contribution is -0.128. The summed E-state index contributed by atoms with van der Waals surface area (Å²) in [5.74, 6) is 0.417. The number of aryl methyl sites for hydroxylation is 2. The molecule has 0 radical (unpaired) electrons. The second-order valence-corrected chi connectivity index (χ2v) is 10.2. The monoisotopic (exact) mass is 454 g/mol. The smallest absolute Gasteiger partial charge is 0.262 e. The standard InChI is InChI=1S/C23H26N4O2S2/c1-25-22(29)20-17-9-5-6-10-18(17)31-21(20)24-23(25)30-15-19(28)27-13-11-26(12-14-27)16-7-3-2-4-8-16/h2-4,7-8H,5-6,9-15H2,1H3. The number of para-hydroxylation sites is 1. The summed E-state index contributed by atoms with van der Waals surface area (Å²) in [7, 11) is 1.77. The minimum atomic E-state index is 0.0239. The Bertz CT molecular complexity index is 1160. The molecule has 2 aliphatic rings. The zero-order chi connectivity index (χ0) is 21.4. The first-order valence-electron chi connectivity index (χ1n) is 10.8. The number of hydrogen-bond acceptors (Lipinski definition) is 6. The molecule has 1 fully saturated rings. The van der Waals surface area contributed by atoms with Gasteiger partial charge in [0, 0.05) is 43.8 Å². The summed E-state index contributed by atoms with van der Waals surface area (Å²) in [6.45, 7) is 3.11. The third kappa shape index (κ3) is 3.99. The number of thiophene rings is 1. The first kappa shape index (κ1) is 20.6. The Hall–Kier alpha value is -2.32. The summed E-state index contributed by atoms with van der Waals surface area (Å²) in [4.78, 5) is 37.0. The fourth-order valence-corrected chi connectivity index (χ4v) is 6.64. The van der Waals surface area contributed by atoms with Crippen molar-refractivity contribution >= 4 is 44.9 Å². The van der Waals surface area contributed by atoms with Crippen LogP contribution in [0.25, 0.3) is 10.2 Å². The van der Waals surface area contributed by atoms with Crippen molar-refractivity contribution in [3.8, 4) is 0 Å². The number of aromatic nitrogens is 2. The van der Waals surface area contributed by atoms with E-state index in [0.29, 0.717) is 10.9 Å². The van der Waals surface area contributed by atoms with Crippen LogP contribution < -0.4 is 10.5 Å². The van der Waals surface area contributed by atoms with Gasteiger partial charge >= 0.3 is 0 Å². The highest BCUT2D eigenvalue weighted by molar-refractivity contribution is 7.99. The highest BCUT2D eigenvalue weighted by Gasteiger charge is 2.24. The summed E-state index contributed by atoms with van der Waals surface area (Å²) < 4.78 is 1.62. The molecule has 2 aromatic heterocycles. The van der Waals surface area contributed by atoms with E-state index < -0.39 is 0 Å². The van der Waals surface area contributed by atoms with Crippen LogP contribution in [-0.2, 0) is 24.7 Å². The van der Waals surface area contributed by atoms with Gasteiger partial charge in [0.1, 0.15) is 4.83 Å². The average Bonchev–Trinajstić information content (AvgIpc) is 3.19. The number of thioether (sulfide) groups is 1. The Labute approximate surface area is 189 Å². The number of carbonyl (C=O) groups is 1. The summed E-state index contributed by atoms with van der Waals surface area (Å²) in [6.07, 6.45) is 4.36. The van der Waals surface area contributed by atoms with E-state index in [1.54, 1.807) is 23.0 Å². The van der Waals surface area contributed by atoms with E-state index in [2.05, 4.69) is 17.0 Å². The molecule has 0 N–H and O–H groups in total. The molecule has 5 rings (SSSR count). The van der Waals surface area contributed by atoms with Crippen LogP contribution in [0, 0.1) is 0 Å². The summed E-state index contributed by atoms with van der Waals surface area (Å²) in [5.41, 5.74) is 2.44. The molecule has 1 saturated heterocycles. The maximum Gasteiger partial charge on any atom is 0.262 e. The van der Waals surface area contributed by atoms with Gasteiger partial charge in [-0.1, -0.05) is 30.0 Å². The average molecular weight is 455 g/mol. The lowest BCUT2D eigenvalue weighted by Crippen LogP contribution is -2.49. The molecular formula is C23H26N4O2S2. The zero-order valence-electron chi connectivity index (χ0n) is 17.7. The SMILES string of the molecule is Cn1c(SCC(=O)N2CCN(c3ccccc3)CC2)nc2sc3c(c2c1=O)CCCC3. The quantitative estimate of drug-likeness (QED) is 0.447. The largest absolute Gasteiger partial charge is 0.368 e. The van der Waals surface area contributed by atoms with Crippen molar-refractivity contribution in [3.63, 3.8) is 0 Å². The lowest BCUT2D eigenvalue weighted by Gasteiger charge is -2.36. The van der Waals surface area contributed by atoms with Crippen LogP contribution in [0.4, 0.5) is 5.69 Å². The van der Waals surface area contributed by atoms with Crippen LogP contribution in [0.1, 0.15) is 23.3 Å². The van der Waals surface area contributed by atoms with Crippen molar-refractivity contribution < 1.29 is 4.79 Å². The number of nitrogens with zero attached hydrogens (tertiary/aromatic N) is 4. The molecule has 0 unspecified atom stereocenters. The Morgan fingerprint density at radius 2 is 1.84 bits per heavy atom. The third-order valence-corrected chi connectivity index (χ3v) is 8.43. The van der Waals surface area contributed by atoms with Gasteiger partial charge in [0.15, 0.2) is 5.16 Å². The molecule has 0 saturated carbocycles. The minimum absolute atomic E-state index is 0.0239. The molecule has 1 amide bonds. The van der Waals surface area contributed by atoms with Crippen LogP contribution in [0.15, 0.2) is 40.3 Å². The Morgan fingerprint density at radius 1 is 1.10 bits per heavy atom. The van der Waals surface area contributed by atoms with Gasteiger partial charge in [-0.25, -0.2) is 4.98 Å². The number of anilines is 1. The van der Waals surface area contributed by atoms with E-state index in [4.69, 9.17) is 4.98 Å². The lowest BCUT2D eigenvalue weighted by atomic mass is 9.97. The van der Waals surface area contributed by atoms with E-state index >= 15 is 0 Å². The molecule has 0 bridgehead atoms. The van der Waals surface area contributed by atoms with Crippen molar-refractivity contribution in [1.29, 1.82) is 0 Å². The van der Waals surface area contributed by atoms with Crippen molar-refractivity contribution in [3.05, 3.63) is 51.1 Å². The van der Waals surface area contributed by atoms with E-state index in [-0.39, 0.29) is 11.5 Å². The maximum absolute atomic E-state index is 13.0. The number of rotatable bonds is 4. The van der Waals surface area contributed by atoms with Crippen LogP contribution in [0.2, 0.25) is 0 Å². The Kier molecular flexibility index (Phi) is 5.75. The molecule has 0 atom stereocenters. The predicted octanol–water partition coefficient (Wildman–Crippen LogP) is 3.31. The van der Waals surface area contributed by atoms with Gasteiger partial charge < -0.3 is 9.80 Å². The minimum Gasteiger partial charge on any atom is -0.368 e. The fourth-order valence-electron chi connectivity index (χ4n) is 4.47. The second kappa shape index (κ2) is 8.67. The number of fused-ring (bicyclic) bond motifs is 3. The number of benzene rings is 1. The van der Waals surface area contributed by atoms with E-state index in [1.165, 1.54) is 34.3 Å². The van der Waals surface area contributed by atoms with Crippen molar-refractivity contribution in [2.45, 2.75) is 30.8 Å². The third-order valence-electron chi connectivity index (χ3n) is 6.23. The molecule has 8 heteroatoms. The van der Waals surface area contributed by atoms with Gasteiger partial charge in [0.2, 0.25) is 5.91 Å². The van der Waals surface area contributed by atoms with E-state index in [0.717, 1.165) is 55.7 Å². The Balaban J connectivity index is 1.25.